The average molecular weight is 434 g/mol. The van der Waals surface area contributed by atoms with E-state index >= 15 is 0 Å². The first kappa shape index (κ1) is 20.9. The highest BCUT2D eigenvalue weighted by Gasteiger charge is 2.29. The van der Waals surface area contributed by atoms with Gasteiger partial charge in [0.1, 0.15) is 4.83 Å². The van der Waals surface area contributed by atoms with E-state index in [1.807, 2.05) is 23.3 Å². The van der Waals surface area contributed by atoms with Crippen LogP contribution in [-0.2, 0) is 4.79 Å². The van der Waals surface area contributed by atoms with Crippen LogP contribution in [0.25, 0.3) is 10.2 Å². The molecular formula is C22H31N3O2S2. The molecule has 29 heavy (non-hydrogen) atoms. The fraction of sp³-hybridized carbons (Fsp3) is 0.682. The number of thiophene rings is 1. The highest BCUT2D eigenvalue weighted by molar-refractivity contribution is 8.00. The van der Waals surface area contributed by atoms with Gasteiger partial charge in [0.25, 0.3) is 5.56 Å². The van der Waals surface area contributed by atoms with Crippen LogP contribution in [0.3, 0.4) is 0 Å². The number of fused-ring (bicyclic) bond motifs is 1. The van der Waals surface area contributed by atoms with Gasteiger partial charge in [-0.15, -0.1) is 11.3 Å². The molecule has 7 heteroatoms. The lowest BCUT2D eigenvalue weighted by molar-refractivity contribution is -0.131. The number of hydrogen-bond donors (Lipinski definition) is 0. The lowest BCUT2D eigenvalue weighted by Gasteiger charge is -2.32. The van der Waals surface area contributed by atoms with E-state index in [4.69, 9.17) is 4.98 Å². The predicted molar refractivity (Wildman–Crippen MR) is 121 cm³/mol. The molecule has 1 amide bonds. The normalized spacial score (nSPS) is 19.9. The summed E-state index contributed by atoms with van der Waals surface area (Å²) in [6.07, 6.45) is 6.51. The Morgan fingerprint density at radius 3 is 2.48 bits per heavy atom. The Bertz CT molecular complexity index is 967. The van der Waals surface area contributed by atoms with Crippen molar-refractivity contribution in [2.75, 3.05) is 13.1 Å². The molecule has 0 spiro atoms. The molecule has 0 bridgehead atoms. The zero-order valence-corrected chi connectivity index (χ0v) is 19.5. The smallest absolute Gasteiger partial charge is 0.263 e. The minimum atomic E-state index is -0.234. The fourth-order valence-electron chi connectivity index (χ4n) is 4.55. The van der Waals surface area contributed by atoms with Crippen LogP contribution in [0, 0.1) is 19.8 Å². The summed E-state index contributed by atoms with van der Waals surface area (Å²) < 4.78 is 1.92. The van der Waals surface area contributed by atoms with Crippen LogP contribution in [-0.4, -0.2) is 38.7 Å². The molecule has 2 aliphatic rings. The second kappa shape index (κ2) is 8.42. The Morgan fingerprint density at radius 1 is 1.17 bits per heavy atom. The average Bonchev–Trinajstić information content (AvgIpc) is 3.30. The number of amides is 1. The topological polar surface area (TPSA) is 55.2 Å². The zero-order chi connectivity index (χ0) is 20.7. The Kier molecular flexibility index (Phi) is 6.07. The largest absolute Gasteiger partial charge is 0.342 e. The Hall–Kier alpha value is -1.34. The summed E-state index contributed by atoms with van der Waals surface area (Å²) >= 11 is 3.06. The first-order chi connectivity index (χ1) is 13.9. The highest BCUT2D eigenvalue weighted by atomic mass is 32.2. The number of likely N-dealkylation sites (tertiary alicyclic amines) is 1. The molecule has 1 atom stereocenters. The van der Waals surface area contributed by atoms with Crippen LogP contribution in [0.5, 0.6) is 0 Å². The molecule has 1 aliphatic heterocycles. The summed E-state index contributed by atoms with van der Waals surface area (Å²) in [5.41, 5.74) is 1.13. The van der Waals surface area contributed by atoms with Crippen molar-refractivity contribution in [1.82, 2.24) is 14.5 Å². The third-order valence-electron chi connectivity index (χ3n) is 6.62. The van der Waals surface area contributed by atoms with Gasteiger partial charge in [0.15, 0.2) is 5.16 Å². The van der Waals surface area contributed by atoms with Crippen LogP contribution < -0.4 is 5.56 Å². The summed E-state index contributed by atoms with van der Waals surface area (Å²) in [7, 11) is 0. The molecule has 2 aromatic heterocycles. The van der Waals surface area contributed by atoms with Crippen LogP contribution in [0.1, 0.15) is 68.9 Å². The number of thioether (sulfide) groups is 1. The predicted octanol–water partition coefficient (Wildman–Crippen LogP) is 4.93. The van der Waals surface area contributed by atoms with Gasteiger partial charge in [-0.3, -0.25) is 14.2 Å². The van der Waals surface area contributed by atoms with Crippen LogP contribution in [0.15, 0.2) is 9.95 Å². The molecule has 2 fully saturated rings. The molecule has 4 rings (SSSR count). The number of rotatable bonds is 4. The molecule has 3 heterocycles. The summed E-state index contributed by atoms with van der Waals surface area (Å²) in [6.45, 7) is 9.98. The van der Waals surface area contributed by atoms with E-state index < -0.39 is 0 Å². The number of hydrogen-bond acceptors (Lipinski definition) is 5. The number of carbonyl (C=O) groups is 1. The van der Waals surface area contributed by atoms with Gasteiger partial charge >= 0.3 is 0 Å². The molecule has 1 saturated heterocycles. The Morgan fingerprint density at radius 2 is 1.83 bits per heavy atom. The molecule has 0 N–H and O–H groups in total. The Labute approximate surface area is 180 Å². The van der Waals surface area contributed by atoms with Crippen LogP contribution >= 0.6 is 23.1 Å². The van der Waals surface area contributed by atoms with Crippen LogP contribution in [0.2, 0.25) is 0 Å². The molecule has 158 valence electrons. The first-order valence-electron chi connectivity index (χ1n) is 10.8. The molecule has 0 radical (unpaired) electrons. The summed E-state index contributed by atoms with van der Waals surface area (Å²) in [6, 6.07) is 0.208. The van der Waals surface area contributed by atoms with Crippen molar-refractivity contribution in [2.45, 2.75) is 82.7 Å². The molecule has 2 aromatic rings. The summed E-state index contributed by atoms with van der Waals surface area (Å²) in [4.78, 5) is 35.4. The maximum atomic E-state index is 13.5. The van der Waals surface area contributed by atoms with E-state index in [2.05, 4.69) is 13.8 Å². The monoisotopic (exact) mass is 433 g/mol. The molecule has 5 nitrogen and oxygen atoms in total. The van der Waals surface area contributed by atoms with Gasteiger partial charge in [0.05, 0.1) is 10.6 Å². The van der Waals surface area contributed by atoms with E-state index in [9.17, 15) is 9.59 Å². The van der Waals surface area contributed by atoms with E-state index in [1.165, 1.54) is 11.8 Å². The van der Waals surface area contributed by atoms with E-state index in [-0.39, 0.29) is 22.8 Å². The molecular weight excluding hydrogens is 402 g/mol. The minimum absolute atomic E-state index is 0.0812. The molecule has 1 saturated carbocycles. The molecule has 1 unspecified atom stereocenters. The summed E-state index contributed by atoms with van der Waals surface area (Å²) in [5, 5.41) is 1.26. The highest BCUT2D eigenvalue weighted by Crippen LogP contribution is 2.36. The van der Waals surface area contributed by atoms with Crippen molar-refractivity contribution in [3.63, 3.8) is 0 Å². The number of nitrogens with zero attached hydrogens (tertiary/aromatic N) is 3. The first-order valence-corrected chi connectivity index (χ1v) is 12.5. The lowest BCUT2D eigenvalue weighted by Crippen LogP contribution is -2.42. The molecule has 1 aliphatic carbocycles. The van der Waals surface area contributed by atoms with Gasteiger partial charge in [0, 0.05) is 24.0 Å². The van der Waals surface area contributed by atoms with Gasteiger partial charge in [-0.1, -0.05) is 31.5 Å². The van der Waals surface area contributed by atoms with Crippen molar-refractivity contribution in [1.29, 1.82) is 0 Å². The quantitative estimate of drug-likeness (QED) is 0.507. The van der Waals surface area contributed by atoms with Crippen molar-refractivity contribution in [3.8, 4) is 0 Å². The second-order valence-electron chi connectivity index (χ2n) is 8.74. The lowest BCUT2D eigenvalue weighted by atomic mass is 9.99. The number of carbonyl (C=O) groups excluding carboxylic acids is 1. The molecule has 0 aromatic carbocycles. The standard InChI is InChI=1S/C22H31N3O2S2/c1-13-9-11-24(12-10-13)20(26)16(4)29-22-23-19-18(14(2)15(3)28-19)21(27)25(22)17-7-5-6-8-17/h13,16-17H,5-12H2,1-4H3. The maximum Gasteiger partial charge on any atom is 0.263 e. The third-order valence-corrected chi connectivity index (χ3v) is 8.77. The van der Waals surface area contributed by atoms with E-state index in [0.717, 1.165) is 77.4 Å². The van der Waals surface area contributed by atoms with Gasteiger partial charge in [-0.05, 0) is 57.9 Å². The second-order valence-corrected chi connectivity index (χ2v) is 11.3. The van der Waals surface area contributed by atoms with Gasteiger partial charge in [-0.25, -0.2) is 4.98 Å². The van der Waals surface area contributed by atoms with Crippen molar-refractivity contribution >= 4 is 39.2 Å². The number of piperidine rings is 1. The Balaban J connectivity index is 1.67. The zero-order valence-electron chi connectivity index (χ0n) is 17.9. The maximum absolute atomic E-state index is 13.5. The summed E-state index contributed by atoms with van der Waals surface area (Å²) in [5.74, 6) is 0.872. The van der Waals surface area contributed by atoms with E-state index in [1.54, 1.807) is 11.3 Å². The van der Waals surface area contributed by atoms with Crippen molar-refractivity contribution < 1.29 is 4.79 Å². The van der Waals surface area contributed by atoms with E-state index in [0.29, 0.717) is 5.92 Å². The van der Waals surface area contributed by atoms with Crippen LogP contribution in [0.4, 0.5) is 0 Å². The minimum Gasteiger partial charge on any atom is -0.342 e. The SMILES string of the molecule is Cc1sc2nc(SC(C)C(=O)N3CCC(C)CC3)n(C3CCCC3)c(=O)c2c1C. The van der Waals surface area contributed by atoms with Gasteiger partial charge < -0.3 is 4.90 Å². The number of aromatic nitrogens is 2. The third kappa shape index (κ3) is 4.00. The van der Waals surface area contributed by atoms with Crippen molar-refractivity contribution in [3.05, 3.63) is 20.8 Å². The van der Waals surface area contributed by atoms with Gasteiger partial charge in [-0.2, -0.15) is 0 Å². The van der Waals surface area contributed by atoms with Crippen molar-refractivity contribution in [2.24, 2.45) is 5.92 Å². The fourth-order valence-corrected chi connectivity index (χ4v) is 6.68. The van der Waals surface area contributed by atoms with Gasteiger partial charge in [0.2, 0.25) is 5.91 Å². The number of aryl methyl sites for hydroxylation is 2.